The number of amides is 1. The molecule has 0 spiro atoms. The summed E-state index contributed by atoms with van der Waals surface area (Å²) in [7, 11) is -3.94. The zero-order chi connectivity index (χ0) is 27.2. The van der Waals surface area contributed by atoms with Crippen molar-refractivity contribution in [2.24, 2.45) is 0 Å². The second-order valence-corrected chi connectivity index (χ2v) is 11.3. The number of fused-ring (bicyclic) bond motifs is 2. The van der Waals surface area contributed by atoms with E-state index in [1.54, 1.807) is 30.0 Å². The number of anilines is 1. The molecule has 5 rings (SSSR count). The summed E-state index contributed by atoms with van der Waals surface area (Å²) in [6.45, 7) is 1.81. The van der Waals surface area contributed by atoms with E-state index < -0.39 is 39.3 Å². The molecule has 2 N–H and O–H groups in total. The highest BCUT2D eigenvalue weighted by Crippen LogP contribution is 2.46. The van der Waals surface area contributed by atoms with E-state index in [4.69, 9.17) is 11.6 Å². The molecule has 2 aromatic heterocycles. The number of hydrogen-bond acceptors (Lipinski definition) is 6. The fourth-order valence-electron chi connectivity index (χ4n) is 5.06. The molecule has 1 aliphatic rings. The minimum Gasteiger partial charge on any atom is -0.354 e. The summed E-state index contributed by atoms with van der Waals surface area (Å²) in [5.74, 6) is -2.20. The van der Waals surface area contributed by atoms with Crippen LogP contribution in [0.3, 0.4) is 0 Å². The van der Waals surface area contributed by atoms with Gasteiger partial charge in [0.1, 0.15) is 17.0 Å². The number of pyridine rings is 2. The molecule has 38 heavy (non-hydrogen) atoms. The lowest BCUT2D eigenvalue weighted by atomic mass is 9.87. The molecule has 0 fully saturated rings. The van der Waals surface area contributed by atoms with Gasteiger partial charge >= 0.3 is 0 Å². The van der Waals surface area contributed by atoms with Crippen LogP contribution in [0.1, 0.15) is 35.1 Å². The number of aromatic nitrogens is 2. The fourth-order valence-corrected chi connectivity index (χ4v) is 5.75. The van der Waals surface area contributed by atoms with Crippen LogP contribution in [0.4, 0.5) is 10.1 Å². The van der Waals surface area contributed by atoms with Crippen molar-refractivity contribution in [3.05, 3.63) is 104 Å². The Bertz CT molecular complexity index is 1740. The third-order valence-corrected chi connectivity index (χ3v) is 7.60. The van der Waals surface area contributed by atoms with Gasteiger partial charge < -0.3 is 9.88 Å². The molecule has 3 heterocycles. The van der Waals surface area contributed by atoms with E-state index in [0.29, 0.717) is 34.3 Å². The van der Waals surface area contributed by atoms with Crippen molar-refractivity contribution in [1.29, 1.82) is 0 Å². The molecule has 2 aromatic carbocycles. The number of carbonyl (C=O) groups is 1. The first-order valence-electron chi connectivity index (χ1n) is 11.9. The third kappa shape index (κ3) is 4.77. The summed E-state index contributed by atoms with van der Waals surface area (Å²) in [6, 6.07) is 14.2. The van der Waals surface area contributed by atoms with Gasteiger partial charge in [0.25, 0.3) is 11.5 Å². The number of benzene rings is 2. The van der Waals surface area contributed by atoms with Gasteiger partial charge in [-0.25, -0.2) is 17.8 Å². The van der Waals surface area contributed by atoms with E-state index >= 15 is 4.39 Å². The van der Waals surface area contributed by atoms with Gasteiger partial charge in [-0.05, 0) is 41.8 Å². The van der Waals surface area contributed by atoms with Crippen molar-refractivity contribution in [3.8, 4) is 0 Å². The number of H-pyrrole nitrogens is 1. The Hall–Kier alpha value is -3.76. The van der Waals surface area contributed by atoms with E-state index in [1.165, 1.54) is 12.3 Å². The van der Waals surface area contributed by atoms with Gasteiger partial charge in [0, 0.05) is 40.9 Å². The Kier molecular flexibility index (Phi) is 6.70. The monoisotopic (exact) mass is 554 g/mol. The quantitative estimate of drug-likeness (QED) is 0.350. The number of aryl methyl sites for hydroxylation is 1. The molecule has 4 aromatic rings. The Morgan fingerprint density at radius 2 is 1.89 bits per heavy atom. The summed E-state index contributed by atoms with van der Waals surface area (Å²) in [5, 5.41) is 1.01. The highest BCUT2D eigenvalue weighted by atomic mass is 35.5. The number of nitrogens with zero attached hydrogens (tertiary/aromatic N) is 2. The van der Waals surface area contributed by atoms with Crippen molar-refractivity contribution < 1.29 is 17.6 Å². The highest BCUT2D eigenvalue weighted by molar-refractivity contribution is 7.89. The molecule has 0 bridgehead atoms. The Morgan fingerprint density at radius 3 is 2.61 bits per heavy atom. The molecule has 0 aliphatic carbocycles. The van der Waals surface area contributed by atoms with Gasteiger partial charge in [0.15, 0.2) is 0 Å². The molecule has 11 heteroatoms. The van der Waals surface area contributed by atoms with Crippen LogP contribution in [0.15, 0.2) is 65.6 Å². The lowest BCUT2D eigenvalue weighted by molar-refractivity contribution is -0.120. The molecule has 2 atom stereocenters. The zero-order valence-electron chi connectivity index (χ0n) is 20.5. The molecular weight excluding hydrogens is 531 g/mol. The van der Waals surface area contributed by atoms with E-state index in [9.17, 15) is 18.0 Å². The number of sulfonamides is 1. The highest BCUT2D eigenvalue weighted by Gasteiger charge is 2.46. The summed E-state index contributed by atoms with van der Waals surface area (Å²) in [5.41, 5.74) is 2.37. The number of aromatic amines is 1. The topological polar surface area (TPSA) is 112 Å². The average molecular weight is 555 g/mol. The first kappa shape index (κ1) is 25.9. The van der Waals surface area contributed by atoms with Crippen molar-refractivity contribution in [1.82, 2.24) is 14.7 Å². The van der Waals surface area contributed by atoms with Crippen LogP contribution in [0, 0.1) is 5.82 Å². The first-order chi connectivity index (χ1) is 18.1. The van der Waals surface area contributed by atoms with Gasteiger partial charge in [-0.3, -0.25) is 14.3 Å². The number of carbonyl (C=O) groups excluding carboxylic acids is 1. The summed E-state index contributed by atoms with van der Waals surface area (Å²) >= 11 is 6.54. The molecule has 1 amide bonds. The van der Waals surface area contributed by atoms with E-state index in [1.807, 2.05) is 30.3 Å². The van der Waals surface area contributed by atoms with Crippen LogP contribution < -0.4 is 15.2 Å². The van der Waals surface area contributed by atoms with Crippen LogP contribution in [0.5, 0.6) is 0 Å². The predicted molar refractivity (Wildman–Crippen MR) is 144 cm³/mol. The first-order valence-corrected chi connectivity index (χ1v) is 14.2. The zero-order valence-corrected chi connectivity index (χ0v) is 22.1. The standard InChI is InChI=1S/C27H24ClFN4O4S/c1-3-15-12-19-22(13-20(15)29)33(14-17-11-16-7-4-5-9-21(16)31-25(17)28)24(27(35)32-38(2,36)37)23(19)18-8-6-10-30-26(18)34/h4-13,23-24H,3,14H2,1-2H3,(H,30,34)(H,32,35). The number of halogens is 2. The maximum absolute atomic E-state index is 15.1. The van der Waals surface area contributed by atoms with Gasteiger partial charge in [-0.2, -0.15) is 0 Å². The fraction of sp³-hybridized carbons (Fsp3) is 0.222. The van der Waals surface area contributed by atoms with Crippen molar-refractivity contribution in [3.63, 3.8) is 0 Å². The van der Waals surface area contributed by atoms with Gasteiger partial charge in [0.05, 0.1) is 11.8 Å². The molecule has 0 saturated heterocycles. The smallest absolute Gasteiger partial charge is 0.257 e. The Morgan fingerprint density at radius 1 is 1.13 bits per heavy atom. The summed E-state index contributed by atoms with van der Waals surface area (Å²) < 4.78 is 41.4. The van der Waals surface area contributed by atoms with Crippen LogP contribution in [-0.2, 0) is 27.8 Å². The van der Waals surface area contributed by atoms with Crippen molar-refractivity contribution >= 4 is 44.1 Å². The van der Waals surface area contributed by atoms with Gasteiger partial charge in [-0.15, -0.1) is 0 Å². The van der Waals surface area contributed by atoms with Crippen LogP contribution in [0.2, 0.25) is 5.15 Å². The van der Waals surface area contributed by atoms with Crippen LogP contribution in [-0.4, -0.2) is 36.6 Å². The second-order valence-electron chi connectivity index (χ2n) is 9.23. The third-order valence-electron chi connectivity index (χ3n) is 6.70. The van der Waals surface area contributed by atoms with Crippen LogP contribution in [0.25, 0.3) is 10.9 Å². The Labute approximate surface area is 223 Å². The summed E-state index contributed by atoms with van der Waals surface area (Å²) in [4.78, 5) is 35.2. The second kappa shape index (κ2) is 9.85. The number of para-hydroxylation sites is 1. The SMILES string of the molecule is CCc1cc2c(cc1F)N(Cc1cc3ccccc3nc1Cl)C(C(=O)NS(C)(=O)=O)C2c1ccc[nH]c1=O. The lowest BCUT2D eigenvalue weighted by Gasteiger charge is -2.29. The average Bonchev–Trinajstić information content (AvgIpc) is 3.16. The number of hydrogen-bond donors (Lipinski definition) is 2. The number of nitrogens with one attached hydrogen (secondary N) is 2. The normalized spacial score (nSPS) is 17.0. The molecule has 0 radical (unpaired) electrons. The molecule has 2 unspecified atom stereocenters. The van der Waals surface area contributed by atoms with E-state index in [0.717, 1.165) is 11.6 Å². The Balaban J connectivity index is 1.73. The van der Waals surface area contributed by atoms with Crippen molar-refractivity contribution in [2.45, 2.75) is 31.8 Å². The maximum atomic E-state index is 15.1. The van der Waals surface area contributed by atoms with Gasteiger partial charge in [-0.1, -0.05) is 48.9 Å². The number of rotatable bonds is 6. The minimum absolute atomic E-state index is 0.0116. The molecule has 8 nitrogen and oxygen atoms in total. The minimum atomic E-state index is -3.94. The molecule has 0 saturated carbocycles. The maximum Gasteiger partial charge on any atom is 0.257 e. The molecule has 196 valence electrons. The lowest BCUT2D eigenvalue weighted by Crippen LogP contribution is -2.49. The largest absolute Gasteiger partial charge is 0.354 e. The van der Waals surface area contributed by atoms with Crippen molar-refractivity contribution in [2.75, 3.05) is 11.2 Å². The molecule has 1 aliphatic heterocycles. The summed E-state index contributed by atoms with van der Waals surface area (Å²) in [6.07, 6.45) is 2.73. The molecular formula is C27H24ClFN4O4S. The van der Waals surface area contributed by atoms with E-state index in [-0.39, 0.29) is 17.3 Å². The van der Waals surface area contributed by atoms with E-state index in [2.05, 4.69) is 14.7 Å². The predicted octanol–water partition coefficient (Wildman–Crippen LogP) is 3.87. The van der Waals surface area contributed by atoms with Crippen LogP contribution >= 0.6 is 11.6 Å². The van der Waals surface area contributed by atoms with Gasteiger partial charge in [0.2, 0.25) is 10.0 Å².